The molecule has 1 aliphatic rings. The van der Waals surface area contributed by atoms with Crippen molar-refractivity contribution < 1.29 is 19.5 Å². The topological polar surface area (TPSA) is 74.7 Å². The molecule has 1 aromatic rings. The summed E-state index contributed by atoms with van der Waals surface area (Å²) in [6, 6.07) is 6.96. The van der Waals surface area contributed by atoms with E-state index in [9.17, 15) is 14.4 Å². The predicted molar refractivity (Wildman–Crippen MR) is 77.9 cm³/mol. The fourth-order valence-corrected chi connectivity index (χ4v) is 2.53. The summed E-state index contributed by atoms with van der Waals surface area (Å²) in [6.45, 7) is 5.35. The van der Waals surface area contributed by atoms with E-state index in [2.05, 4.69) is 0 Å². The molecule has 2 rings (SSSR count). The maximum Gasteiger partial charge on any atom is 0.303 e. The maximum absolute atomic E-state index is 12.1. The largest absolute Gasteiger partial charge is 0.481 e. The zero-order chi connectivity index (χ0) is 15.7. The first-order chi connectivity index (χ1) is 9.82. The van der Waals surface area contributed by atoms with Crippen LogP contribution in [0.4, 0.5) is 5.69 Å². The van der Waals surface area contributed by atoms with Gasteiger partial charge in [-0.3, -0.25) is 19.3 Å². The van der Waals surface area contributed by atoms with Crippen molar-refractivity contribution in [1.29, 1.82) is 0 Å². The second-order valence-electron chi connectivity index (χ2n) is 5.68. The Morgan fingerprint density at radius 1 is 1.14 bits per heavy atom. The van der Waals surface area contributed by atoms with Crippen molar-refractivity contribution in [2.24, 2.45) is 11.8 Å². The van der Waals surface area contributed by atoms with Gasteiger partial charge in [-0.15, -0.1) is 0 Å². The minimum atomic E-state index is -0.848. The van der Waals surface area contributed by atoms with E-state index in [1.807, 2.05) is 6.92 Å². The number of carbonyl (C=O) groups is 3. The minimum Gasteiger partial charge on any atom is -0.481 e. The third-order valence-corrected chi connectivity index (χ3v) is 4.17. The van der Waals surface area contributed by atoms with Crippen LogP contribution in [0.5, 0.6) is 0 Å². The molecule has 1 saturated heterocycles. The van der Waals surface area contributed by atoms with Gasteiger partial charge >= 0.3 is 5.97 Å². The monoisotopic (exact) mass is 289 g/mol. The van der Waals surface area contributed by atoms with Gasteiger partial charge in [-0.1, -0.05) is 32.9 Å². The number of anilines is 1. The zero-order valence-corrected chi connectivity index (χ0v) is 12.4. The van der Waals surface area contributed by atoms with Gasteiger partial charge in [0.2, 0.25) is 11.8 Å². The second-order valence-corrected chi connectivity index (χ2v) is 5.68. The van der Waals surface area contributed by atoms with Crippen LogP contribution in [0.15, 0.2) is 24.3 Å². The average Bonchev–Trinajstić information content (AvgIpc) is 2.63. The van der Waals surface area contributed by atoms with Gasteiger partial charge in [-0.05, 0) is 23.6 Å². The van der Waals surface area contributed by atoms with Crippen molar-refractivity contribution in [3.05, 3.63) is 29.8 Å². The summed E-state index contributed by atoms with van der Waals surface area (Å²) in [5.41, 5.74) is 1.42. The van der Waals surface area contributed by atoms with Crippen molar-refractivity contribution >= 4 is 23.5 Å². The molecule has 0 aliphatic carbocycles. The highest BCUT2D eigenvalue weighted by molar-refractivity contribution is 6.21. The molecule has 5 nitrogen and oxygen atoms in total. The number of imide groups is 1. The highest BCUT2D eigenvalue weighted by Crippen LogP contribution is 2.31. The normalized spacial score (nSPS) is 23.5. The Bertz CT molecular complexity index is 558. The summed E-state index contributed by atoms with van der Waals surface area (Å²) in [5.74, 6) is -1.93. The fraction of sp³-hybridized carbons (Fsp3) is 0.438. The lowest BCUT2D eigenvalue weighted by atomic mass is 9.97. The third kappa shape index (κ3) is 2.82. The van der Waals surface area contributed by atoms with Crippen LogP contribution in [-0.4, -0.2) is 22.9 Å². The van der Waals surface area contributed by atoms with Crippen molar-refractivity contribution in [1.82, 2.24) is 0 Å². The molecule has 1 aliphatic heterocycles. The van der Waals surface area contributed by atoms with E-state index in [1.165, 1.54) is 4.90 Å². The summed E-state index contributed by atoms with van der Waals surface area (Å²) in [5, 5.41) is 8.80. The van der Waals surface area contributed by atoms with Gasteiger partial charge in [0.15, 0.2) is 0 Å². The first kappa shape index (κ1) is 15.2. The SMILES string of the molecule is CC(CC(=O)O)c1ccc(N2C(=O)C(C)C(C)C2=O)cc1. The summed E-state index contributed by atoms with van der Waals surface area (Å²) >= 11 is 0. The molecule has 5 heteroatoms. The summed E-state index contributed by atoms with van der Waals surface area (Å²) < 4.78 is 0. The van der Waals surface area contributed by atoms with Crippen LogP contribution in [0.2, 0.25) is 0 Å². The molecule has 1 N–H and O–H groups in total. The molecule has 0 spiro atoms. The van der Waals surface area contributed by atoms with Gasteiger partial charge in [0.05, 0.1) is 12.1 Å². The number of carboxylic acid groups (broad SMARTS) is 1. The van der Waals surface area contributed by atoms with Gasteiger partial charge in [0.1, 0.15) is 0 Å². The summed E-state index contributed by atoms with van der Waals surface area (Å²) in [6.07, 6.45) is 0.0506. The number of hydrogen-bond acceptors (Lipinski definition) is 3. The first-order valence-electron chi connectivity index (χ1n) is 7.02. The molecule has 0 bridgehead atoms. The molecule has 2 amide bonds. The van der Waals surface area contributed by atoms with E-state index in [1.54, 1.807) is 38.1 Å². The molecule has 0 aromatic heterocycles. The molecule has 1 aromatic carbocycles. The van der Waals surface area contributed by atoms with Crippen LogP contribution < -0.4 is 4.90 Å². The van der Waals surface area contributed by atoms with E-state index < -0.39 is 5.97 Å². The lowest BCUT2D eigenvalue weighted by molar-refractivity contribution is -0.137. The molecule has 3 atom stereocenters. The summed E-state index contributed by atoms with van der Waals surface area (Å²) in [7, 11) is 0. The van der Waals surface area contributed by atoms with Gasteiger partial charge in [-0.25, -0.2) is 0 Å². The Labute approximate surface area is 123 Å². The molecule has 0 saturated carbocycles. The molecular weight excluding hydrogens is 270 g/mol. The lowest BCUT2D eigenvalue weighted by Gasteiger charge is -2.16. The van der Waals surface area contributed by atoms with Crippen molar-refractivity contribution in [2.45, 2.75) is 33.1 Å². The number of carbonyl (C=O) groups excluding carboxylic acids is 2. The maximum atomic E-state index is 12.1. The smallest absolute Gasteiger partial charge is 0.303 e. The van der Waals surface area contributed by atoms with Crippen molar-refractivity contribution in [3.8, 4) is 0 Å². The summed E-state index contributed by atoms with van der Waals surface area (Å²) in [4.78, 5) is 36.2. The third-order valence-electron chi connectivity index (χ3n) is 4.17. The van der Waals surface area contributed by atoms with Crippen LogP contribution in [-0.2, 0) is 14.4 Å². The standard InChI is InChI=1S/C16H19NO4/c1-9(8-14(18)19)12-4-6-13(7-5-12)17-15(20)10(2)11(3)16(17)21/h4-7,9-11H,8H2,1-3H3,(H,18,19). The van der Waals surface area contributed by atoms with E-state index in [-0.39, 0.29) is 36.0 Å². The highest BCUT2D eigenvalue weighted by Gasteiger charge is 2.42. The Morgan fingerprint density at radius 2 is 1.62 bits per heavy atom. The van der Waals surface area contributed by atoms with Crippen LogP contribution >= 0.6 is 0 Å². The first-order valence-corrected chi connectivity index (χ1v) is 7.02. The molecule has 21 heavy (non-hydrogen) atoms. The van der Waals surface area contributed by atoms with E-state index in [4.69, 9.17) is 5.11 Å². The Morgan fingerprint density at radius 3 is 2.05 bits per heavy atom. The molecule has 112 valence electrons. The lowest BCUT2D eigenvalue weighted by Crippen LogP contribution is -2.30. The second kappa shape index (κ2) is 5.68. The molecule has 1 fully saturated rings. The Kier molecular flexibility index (Phi) is 4.11. The quantitative estimate of drug-likeness (QED) is 0.864. The highest BCUT2D eigenvalue weighted by atomic mass is 16.4. The number of rotatable bonds is 4. The number of amides is 2. The van der Waals surface area contributed by atoms with Gasteiger partial charge in [-0.2, -0.15) is 0 Å². The van der Waals surface area contributed by atoms with Crippen molar-refractivity contribution in [2.75, 3.05) is 4.90 Å². The van der Waals surface area contributed by atoms with E-state index >= 15 is 0 Å². The fourth-order valence-electron chi connectivity index (χ4n) is 2.53. The van der Waals surface area contributed by atoms with Crippen LogP contribution in [0, 0.1) is 11.8 Å². The van der Waals surface area contributed by atoms with Crippen LogP contribution in [0.25, 0.3) is 0 Å². The van der Waals surface area contributed by atoms with Crippen molar-refractivity contribution in [3.63, 3.8) is 0 Å². The van der Waals surface area contributed by atoms with E-state index in [0.29, 0.717) is 5.69 Å². The number of aliphatic carboxylic acids is 1. The Hall–Kier alpha value is -2.17. The van der Waals surface area contributed by atoms with E-state index in [0.717, 1.165) is 5.56 Å². The van der Waals surface area contributed by atoms with Crippen LogP contribution in [0.3, 0.4) is 0 Å². The average molecular weight is 289 g/mol. The van der Waals surface area contributed by atoms with Crippen LogP contribution in [0.1, 0.15) is 38.7 Å². The molecule has 3 unspecified atom stereocenters. The number of nitrogens with zero attached hydrogens (tertiary/aromatic N) is 1. The molecule has 1 heterocycles. The molecular formula is C16H19NO4. The minimum absolute atomic E-state index is 0.0506. The zero-order valence-electron chi connectivity index (χ0n) is 12.4. The number of carboxylic acids is 1. The number of hydrogen-bond donors (Lipinski definition) is 1. The predicted octanol–water partition coefficient (Wildman–Crippen LogP) is 2.41. The Balaban J connectivity index is 2.22. The van der Waals surface area contributed by atoms with Gasteiger partial charge < -0.3 is 5.11 Å². The van der Waals surface area contributed by atoms with Gasteiger partial charge in [0, 0.05) is 11.8 Å². The number of benzene rings is 1. The molecule has 0 radical (unpaired) electrons. The van der Waals surface area contributed by atoms with Gasteiger partial charge in [0.25, 0.3) is 0 Å².